The van der Waals surface area contributed by atoms with E-state index in [9.17, 15) is 4.79 Å². The molecule has 1 saturated carbocycles. The van der Waals surface area contributed by atoms with E-state index in [1.54, 1.807) is 16.3 Å². The molecule has 7 heteroatoms. The Morgan fingerprint density at radius 1 is 1.67 bits per heavy atom. The summed E-state index contributed by atoms with van der Waals surface area (Å²) in [5.41, 5.74) is -0.109. The van der Waals surface area contributed by atoms with Crippen LogP contribution < -0.4 is 11.0 Å². The quantitative estimate of drug-likeness (QED) is 0.595. The van der Waals surface area contributed by atoms with Gasteiger partial charge in [-0.3, -0.25) is 4.57 Å². The number of aromatic amines is 1. The van der Waals surface area contributed by atoms with Crippen LogP contribution in [0.3, 0.4) is 0 Å². The van der Waals surface area contributed by atoms with Gasteiger partial charge in [-0.25, -0.2) is 9.89 Å². The Morgan fingerprint density at radius 3 is 3.06 bits per heavy atom. The first-order valence-corrected chi connectivity index (χ1v) is 7.38. The van der Waals surface area contributed by atoms with Gasteiger partial charge in [0, 0.05) is 24.4 Å². The second-order valence-corrected chi connectivity index (χ2v) is 5.48. The summed E-state index contributed by atoms with van der Waals surface area (Å²) in [6.45, 7) is 3.10. The molecule has 1 aromatic heterocycles. The molecular weight excluding hydrogens is 252 g/mol. The zero-order valence-electron chi connectivity index (χ0n) is 10.6. The summed E-state index contributed by atoms with van der Waals surface area (Å²) in [5.74, 6) is 0.811. The highest BCUT2D eigenvalue weighted by Gasteiger charge is 2.28. The Bertz CT molecular complexity index is 421. The van der Waals surface area contributed by atoms with Crippen LogP contribution in [0.25, 0.3) is 0 Å². The number of hydrogen-bond donors (Lipinski definition) is 3. The number of nitrogens with zero attached hydrogens (tertiary/aromatic N) is 2. The number of thioether (sulfide) groups is 1. The molecule has 18 heavy (non-hydrogen) atoms. The molecule has 1 aliphatic rings. The summed E-state index contributed by atoms with van der Waals surface area (Å²) in [6, 6.07) is 0.596. The van der Waals surface area contributed by atoms with Crippen LogP contribution in [-0.2, 0) is 0 Å². The SMILES string of the molecule is CCNC(CCO)CSc1n[nH]c(=O)n1C1CC1. The Hall–Kier alpha value is -0.790. The molecule has 0 radical (unpaired) electrons. The van der Waals surface area contributed by atoms with Gasteiger partial charge in [0.2, 0.25) is 0 Å². The molecule has 0 spiro atoms. The van der Waals surface area contributed by atoms with Crippen LogP contribution >= 0.6 is 11.8 Å². The van der Waals surface area contributed by atoms with Gasteiger partial charge in [-0.1, -0.05) is 18.7 Å². The van der Waals surface area contributed by atoms with Crippen LogP contribution in [0, 0.1) is 0 Å². The van der Waals surface area contributed by atoms with Crippen LogP contribution in [0.15, 0.2) is 9.95 Å². The summed E-state index contributed by atoms with van der Waals surface area (Å²) in [5, 5.41) is 19.7. The standard InChI is InChI=1S/C11H20N4O2S/c1-2-12-8(5-6-16)7-18-11-14-13-10(17)15(11)9-3-4-9/h8-9,12,16H,2-7H2,1H3,(H,13,17). The van der Waals surface area contributed by atoms with Gasteiger partial charge in [0.25, 0.3) is 0 Å². The Kier molecular flexibility index (Phi) is 4.85. The van der Waals surface area contributed by atoms with E-state index >= 15 is 0 Å². The van der Waals surface area contributed by atoms with Gasteiger partial charge in [-0.15, -0.1) is 5.10 Å². The third-order valence-corrected chi connectivity index (χ3v) is 4.08. The third kappa shape index (κ3) is 3.37. The maximum absolute atomic E-state index is 11.6. The van der Waals surface area contributed by atoms with Gasteiger partial charge in [0.05, 0.1) is 0 Å². The number of aliphatic hydroxyl groups excluding tert-OH is 1. The molecule has 1 aromatic rings. The van der Waals surface area contributed by atoms with E-state index in [0.717, 1.165) is 36.7 Å². The summed E-state index contributed by atoms with van der Waals surface area (Å²) >= 11 is 1.57. The largest absolute Gasteiger partial charge is 0.396 e. The molecule has 3 N–H and O–H groups in total. The van der Waals surface area contributed by atoms with Gasteiger partial charge in [0.1, 0.15) is 0 Å². The molecule has 0 bridgehead atoms. The van der Waals surface area contributed by atoms with Crippen molar-refractivity contribution in [2.45, 2.75) is 43.4 Å². The van der Waals surface area contributed by atoms with E-state index in [0.29, 0.717) is 6.04 Å². The van der Waals surface area contributed by atoms with Gasteiger partial charge in [-0.05, 0) is 25.8 Å². The minimum Gasteiger partial charge on any atom is -0.396 e. The number of hydrogen-bond acceptors (Lipinski definition) is 5. The van der Waals surface area contributed by atoms with Crippen molar-refractivity contribution in [3.8, 4) is 0 Å². The van der Waals surface area contributed by atoms with E-state index < -0.39 is 0 Å². The van der Waals surface area contributed by atoms with Crippen LogP contribution in [0.5, 0.6) is 0 Å². The predicted octanol–water partition coefficient (Wildman–Crippen LogP) is 0.359. The van der Waals surface area contributed by atoms with Gasteiger partial charge in [0.15, 0.2) is 5.16 Å². The zero-order valence-corrected chi connectivity index (χ0v) is 11.4. The van der Waals surface area contributed by atoms with Crippen molar-refractivity contribution >= 4 is 11.8 Å². The summed E-state index contributed by atoms with van der Waals surface area (Å²) < 4.78 is 1.76. The molecule has 1 fully saturated rings. The topological polar surface area (TPSA) is 82.9 Å². The number of rotatable bonds is 8. The Morgan fingerprint density at radius 2 is 2.44 bits per heavy atom. The molecule has 2 rings (SSSR count). The number of aromatic nitrogens is 3. The van der Waals surface area contributed by atoms with Crippen LogP contribution in [0.2, 0.25) is 0 Å². The molecule has 0 aromatic carbocycles. The Balaban J connectivity index is 1.94. The van der Waals surface area contributed by atoms with Gasteiger partial charge < -0.3 is 10.4 Å². The van der Waals surface area contributed by atoms with Crippen molar-refractivity contribution in [2.75, 3.05) is 18.9 Å². The average molecular weight is 272 g/mol. The smallest absolute Gasteiger partial charge is 0.344 e. The summed E-state index contributed by atoms with van der Waals surface area (Å²) in [6.07, 6.45) is 2.86. The van der Waals surface area contributed by atoms with E-state index in [1.807, 2.05) is 6.92 Å². The zero-order chi connectivity index (χ0) is 13.0. The molecule has 0 amide bonds. The molecule has 1 atom stereocenters. The van der Waals surface area contributed by atoms with Crippen LogP contribution in [0.1, 0.15) is 32.2 Å². The second-order valence-electron chi connectivity index (χ2n) is 4.49. The van der Waals surface area contributed by atoms with Crippen LogP contribution in [0.4, 0.5) is 0 Å². The van der Waals surface area contributed by atoms with Crippen molar-refractivity contribution in [1.82, 2.24) is 20.1 Å². The average Bonchev–Trinajstić information content (AvgIpc) is 3.11. The number of nitrogens with one attached hydrogen (secondary N) is 2. The lowest BCUT2D eigenvalue weighted by molar-refractivity contribution is 0.271. The molecule has 1 unspecified atom stereocenters. The van der Waals surface area contributed by atoms with E-state index in [-0.39, 0.29) is 18.3 Å². The van der Waals surface area contributed by atoms with E-state index in [1.165, 1.54) is 0 Å². The number of aliphatic hydroxyl groups is 1. The Labute approximate surface area is 110 Å². The fraction of sp³-hybridized carbons (Fsp3) is 0.818. The molecular formula is C11H20N4O2S. The fourth-order valence-corrected chi connectivity index (χ4v) is 3.03. The highest BCUT2D eigenvalue weighted by molar-refractivity contribution is 7.99. The van der Waals surface area contributed by atoms with Crippen molar-refractivity contribution < 1.29 is 5.11 Å². The normalized spacial score (nSPS) is 17.0. The molecule has 102 valence electrons. The molecule has 0 saturated heterocycles. The van der Waals surface area contributed by atoms with Crippen LogP contribution in [-0.4, -0.2) is 44.8 Å². The minimum absolute atomic E-state index is 0.109. The lowest BCUT2D eigenvalue weighted by Crippen LogP contribution is -2.32. The fourth-order valence-electron chi connectivity index (χ4n) is 1.91. The maximum Gasteiger partial charge on any atom is 0.344 e. The predicted molar refractivity (Wildman–Crippen MR) is 71.0 cm³/mol. The molecule has 1 aliphatic carbocycles. The lowest BCUT2D eigenvalue weighted by atomic mass is 10.2. The molecule has 0 aliphatic heterocycles. The van der Waals surface area contributed by atoms with Crippen molar-refractivity contribution in [3.05, 3.63) is 10.5 Å². The third-order valence-electron chi connectivity index (χ3n) is 2.97. The second kappa shape index (κ2) is 6.40. The summed E-state index contributed by atoms with van der Waals surface area (Å²) in [4.78, 5) is 11.6. The first kappa shape index (κ1) is 13.6. The minimum atomic E-state index is -0.109. The van der Waals surface area contributed by atoms with E-state index in [4.69, 9.17) is 5.11 Å². The summed E-state index contributed by atoms with van der Waals surface area (Å²) in [7, 11) is 0. The molecule has 1 heterocycles. The van der Waals surface area contributed by atoms with Crippen molar-refractivity contribution in [2.24, 2.45) is 0 Å². The molecule has 6 nitrogen and oxygen atoms in total. The number of H-pyrrole nitrogens is 1. The van der Waals surface area contributed by atoms with Gasteiger partial charge in [-0.2, -0.15) is 0 Å². The monoisotopic (exact) mass is 272 g/mol. The first-order chi connectivity index (χ1) is 8.76. The highest BCUT2D eigenvalue weighted by Crippen LogP contribution is 2.36. The first-order valence-electron chi connectivity index (χ1n) is 6.40. The van der Waals surface area contributed by atoms with Gasteiger partial charge >= 0.3 is 5.69 Å². The maximum atomic E-state index is 11.6. The lowest BCUT2D eigenvalue weighted by Gasteiger charge is -2.15. The van der Waals surface area contributed by atoms with Crippen molar-refractivity contribution in [3.63, 3.8) is 0 Å². The van der Waals surface area contributed by atoms with E-state index in [2.05, 4.69) is 15.5 Å². The highest BCUT2D eigenvalue weighted by atomic mass is 32.2. The van der Waals surface area contributed by atoms with Crippen molar-refractivity contribution in [1.29, 1.82) is 0 Å².